The van der Waals surface area contributed by atoms with Gasteiger partial charge in [0.25, 0.3) is 5.72 Å². The van der Waals surface area contributed by atoms with Crippen molar-refractivity contribution in [2.24, 2.45) is 5.73 Å². The molecule has 0 fully saturated rings. The molecule has 0 unspecified atom stereocenters. The number of carboxylic acids is 1. The first-order valence-electron chi connectivity index (χ1n) is 7.46. The minimum atomic E-state index is -2.42. The van der Waals surface area contributed by atoms with E-state index in [1.165, 1.54) is 0 Å². The molecule has 0 aliphatic carbocycles. The molecule has 22 heavy (non-hydrogen) atoms. The van der Waals surface area contributed by atoms with Crippen LogP contribution in [0.5, 0.6) is 0 Å². The van der Waals surface area contributed by atoms with Gasteiger partial charge in [-0.2, -0.15) is 0 Å². The van der Waals surface area contributed by atoms with E-state index in [-0.39, 0.29) is 6.42 Å². The van der Waals surface area contributed by atoms with Gasteiger partial charge >= 0.3 is 5.97 Å². The highest BCUT2D eigenvalue weighted by molar-refractivity contribution is 5.86. The summed E-state index contributed by atoms with van der Waals surface area (Å²) >= 11 is 0. The third-order valence-electron chi connectivity index (χ3n) is 3.50. The molecule has 0 bridgehead atoms. The minimum Gasteiger partial charge on any atom is -0.478 e. The van der Waals surface area contributed by atoms with Crippen LogP contribution in [-0.4, -0.2) is 33.9 Å². The second-order valence-electron chi connectivity index (χ2n) is 5.35. The molecular weight excluding hydrogens is 284 g/mol. The molecule has 122 valence electrons. The molecule has 6 nitrogen and oxygen atoms in total. The van der Waals surface area contributed by atoms with Crippen molar-refractivity contribution >= 4 is 11.9 Å². The molecular formula is C16H24N2O4. The number of hydrogen-bond donors (Lipinski definition) is 4. The molecule has 1 aromatic rings. The quantitative estimate of drug-likeness (QED) is 0.509. The first-order valence-corrected chi connectivity index (χ1v) is 7.46. The summed E-state index contributed by atoms with van der Waals surface area (Å²) in [5, 5.41) is 21.4. The van der Waals surface area contributed by atoms with Crippen LogP contribution >= 0.6 is 0 Å². The van der Waals surface area contributed by atoms with Gasteiger partial charge in [0.15, 0.2) is 0 Å². The Morgan fingerprint density at radius 2 is 1.95 bits per heavy atom. The number of aliphatic hydroxyl groups is 1. The standard InChI is InChI=1S/C16H24N2O4/c1-2-7-13(17)16(22,15(20)21)18-14(19)11-6-10-12-8-4-3-5-9-12/h3-5,8-9,13,22H,2,6-7,10-11,17H2,1H3,(H,18,19)(H,20,21)/t13-,16+/m1/s1. The fourth-order valence-electron chi connectivity index (χ4n) is 2.20. The molecule has 1 aromatic carbocycles. The van der Waals surface area contributed by atoms with E-state index in [4.69, 9.17) is 10.8 Å². The van der Waals surface area contributed by atoms with E-state index in [0.717, 1.165) is 5.56 Å². The van der Waals surface area contributed by atoms with Crippen LogP contribution < -0.4 is 11.1 Å². The van der Waals surface area contributed by atoms with E-state index in [9.17, 15) is 14.7 Å². The maximum Gasteiger partial charge on any atom is 0.358 e. The van der Waals surface area contributed by atoms with Crippen molar-refractivity contribution in [1.82, 2.24) is 5.32 Å². The van der Waals surface area contributed by atoms with Crippen LogP contribution in [0.25, 0.3) is 0 Å². The molecule has 0 aromatic heterocycles. The number of hydrogen-bond acceptors (Lipinski definition) is 4. The van der Waals surface area contributed by atoms with E-state index >= 15 is 0 Å². The van der Waals surface area contributed by atoms with Crippen molar-refractivity contribution in [2.75, 3.05) is 0 Å². The smallest absolute Gasteiger partial charge is 0.358 e. The van der Waals surface area contributed by atoms with Gasteiger partial charge in [0, 0.05) is 6.42 Å². The molecule has 2 atom stereocenters. The Balaban J connectivity index is 2.52. The zero-order chi connectivity index (χ0) is 16.6. The van der Waals surface area contributed by atoms with E-state index in [1.807, 2.05) is 37.3 Å². The van der Waals surface area contributed by atoms with Crippen LogP contribution in [0.1, 0.15) is 38.2 Å². The maximum absolute atomic E-state index is 11.9. The average Bonchev–Trinajstić information content (AvgIpc) is 2.48. The number of carboxylic acid groups (broad SMARTS) is 1. The third-order valence-corrected chi connectivity index (χ3v) is 3.50. The lowest BCUT2D eigenvalue weighted by molar-refractivity contribution is -0.168. The number of aryl methyl sites for hydroxylation is 1. The lowest BCUT2D eigenvalue weighted by Crippen LogP contribution is -2.65. The number of rotatable bonds is 9. The Morgan fingerprint density at radius 1 is 1.32 bits per heavy atom. The van der Waals surface area contributed by atoms with E-state index in [1.54, 1.807) is 0 Å². The van der Waals surface area contributed by atoms with Crippen LogP contribution in [-0.2, 0) is 16.0 Å². The zero-order valence-electron chi connectivity index (χ0n) is 12.8. The third kappa shape index (κ3) is 5.13. The van der Waals surface area contributed by atoms with E-state index in [2.05, 4.69) is 5.32 Å². The number of aliphatic carboxylic acids is 1. The second-order valence-corrected chi connectivity index (χ2v) is 5.35. The van der Waals surface area contributed by atoms with Gasteiger partial charge in [0.2, 0.25) is 5.91 Å². The molecule has 1 amide bonds. The van der Waals surface area contributed by atoms with Crippen molar-refractivity contribution < 1.29 is 19.8 Å². The summed E-state index contributed by atoms with van der Waals surface area (Å²) in [4.78, 5) is 23.1. The van der Waals surface area contributed by atoms with Gasteiger partial charge in [0.05, 0.1) is 6.04 Å². The Bertz CT molecular complexity index is 492. The SMILES string of the molecule is CCC[C@@H](N)[C@@](O)(NC(=O)CCCc1ccccc1)C(=O)O. The highest BCUT2D eigenvalue weighted by Crippen LogP contribution is 2.12. The number of carbonyl (C=O) groups excluding carboxylic acids is 1. The molecule has 0 saturated heterocycles. The van der Waals surface area contributed by atoms with Gasteiger partial charge in [-0.05, 0) is 24.8 Å². The molecule has 0 saturated carbocycles. The van der Waals surface area contributed by atoms with Crippen molar-refractivity contribution in [1.29, 1.82) is 0 Å². The van der Waals surface area contributed by atoms with Gasteiger partial charge in [-0.1, -0.05) is 43.7 Å². The Labute approximate surface area is 130 Å². The minimum absolute atomic E-state index is 0.128. The van der Waals surface area contributed by atoms with Crippen LogP contribution in [0.2, 0.25) is 0 Å². The van der Waals surface area contributed by atoms with Crippen LogP contribution in [0.4, 0.5) is 0 Å². The van der Waals surface area contributed by atoms with Crippen LogP contribution in [0.15, 0.2) is 30.3 Å². The molecule has 0 spiro atoms. The molecule has 0 aliphatic rings. The normalized spacial score (nSPS) is 14.9. The number of carbonyl (C=O) groups is 2. The summed E-state index contributed by atoms with van der Waals surface area (Å²) < 4.78 is 0. The fraction of sp³-hybridized carbons (Fsp3) is 0.500. The number of nitrogens with one attached hydrogen (secondary N) is 1. The van der Waals surface area contributed by atoms with Crippen molar-refractivity contribution in [2.45, 2.75) is 50.8 Å². The topological polar surface area (TPSA) is 113 Å². The second kappa shape index (κ2) is 8.51. The molecule has 0 heterocycles. The Morgan fingerprint density at radius 3 is 2.50 bits per heavy atom. The predicted molar refractivity (Wildman–Crippen MR) is 83.0 cm³/mol. The van der Waals surface area contributed by atoms with Crippen LogP contribution in [0.3, 0.4) is 0 Å². The van der Waals surface area contributed by atoms with Gasteiger partial charge in [-0.3, -0.25) is 4.79 Å². The van der Waals surface area contributed by atoms with Crippen molar-refractivity contribution in [3.05, 3.63) is 35.9 Å². The maximum atomic E-state index is 11.9. The van der Waals surface area contributed by atoms with Gasteiger partial charge in [-0.25, -0.2) is 4.79 Å². The lowest BCUT2D eigenvalue weighted by atomic mass is 9.99. The van der Waals surface area contributed by atoms with E-state index < -0.39 is 23.6 Å². The summed E-state index contributed by atoms with van der Waals surface area (Å²) in [7, 11) is 0. The molecule has 5 N–H and O–H groups in total. The predicted octanol–water partition coefficient (Wildman–Crippen LogP) is 1.03. The Hall–Kier alpha value is -1.92. The van der Waals surface area contributed by atoms with Crippen LogP contribution in [0, 0.1) is 0 Å². The lowest BCUT2D eigenvalue weighted by Gasteiger charge is -2.30. The monoisotopic (exact) mass is 308 g/mol. The van der Waals surface area contributed by atoms with Gasteiger partial charge in [-0.15, -0.1) is 0 Å². The summed E-state index contributed by atoms with van der Waals surface area (Å²) in [6.07, 6.45) is 2.31. The van der Waals surface area contributed by atoms with Crippen molar-refractivity contribution in [3.63, 3.8) is 0 Å². The number of nitrogens with two attached hydrogens (primary N) is 1. The Kier molecular flexibility index (Phi) is 7.01. The van der Waals surface area contributed by atoms with Gasteiger partial charge in [0.1, 0.15) is 0 Å². The summed E-state index contributed by atoms with van der Waals surface area (Å²) in [6, 6.07) is 8.63. The van der Waals surface area contributed by atoms with Crippen molar-refractivity contribution in [3.8, 4) is 0 Å². The number of benzene rings is 1. The summed E-state index contributed by atoms with van der Waals surface area (Å²) in [5.74, 6) is -2.06. The molecule has 6 heteroatoms. The summed E-state index contributed by atoms with van der Waals surface area (Å²) in [6.45, 7) is 1.82. The molecule has 0 radical (unpaired) electrons. The first kappa shape index (κ1) is 18.1. The number of amides is 1. The van der Waals surface area contributed by atoms with Gasteiger partial charge < -0.3 is 21.3 Å². The fourth-order valence-corrected chi connectivity index (χ4v) is 2.20. The highest BCUT2D eigenvalue weighted by atomic mass is 16.4. The zero-order valence-corrected chi connectivity index (χ0v) is 12.8. The summed E-state index contributed by atoms with van der Waals surface area (Å²) in [5.41, 5.74) is 4.37. The average molecular weight is 308 g/mol. The molecule has 1 rings (SSSR count). The highest BCUT2D eigenvalue weighted by Gasteiger charge is 2.43. The first-order chi connectivity index (χ1) is 10.4. The molecule has 0 aliphatic heterocycles. The largest absolute Gasteiger partial charge is 0.478 e. The van der Waals surface area contributed by atoms with E-state index in [0.29, 0.717) is 25.7 Å².